The minimum atomic E-state index is -0.0181. The van der Waals surface area contributed by atoms with E-state index >= 15 is 0 Å². The van der Waals surface area contributed by atoms with Crippen LogP contribution in [0.5, 0.6) is 0 Å². The number of hydrogen-bond donors (Lipinski definition) is 2. The molecule has 0 aliphatic carbocycles. The molecule has 0 spiro atoms. The van der Waals surface area contributed by atoms with Crippen LogP contribution in [0.1, 0.15) is 29.3 Å². The van der Waals surface area contributed by atoms with Gasteiger partial charge in [0.2, 0.25) is 0 Å². The number of amides is 1. The zero-order valence-corrected chi connectivity index (χ0v) is 8.42. The van der Waals surface area contributed by atoms with Gasteiger partial charge in [-0.2, -0.15) is 0 Å². The van der Waals surface area contributed by atoms with Gasteiger partial charge in [0.05, 0.1) is 0 Å². The van der Waals surface area contributed by atoms with E-state index in [9.17, 15) is 4.79 Å². The summed E-state index contributed by atoms with van der Waals surface area (Å²) in [5.74, 6) is -0.0181. The Morgan fingerprint density at radius 3 is 2.50 bits per heavy atom. The molecule has 14 heavy (non-hydrogen) atoms. The third kappa shape index (κ3) is 2.85. The summed E-state index contributed by atoms with van der Waals surface area (Å²) >= 11 is 0. The van der Waals surface area contributed by atoms with Gasteiger partial charge in [-0.15, -0.1) is 0 Å². The molecular weight excluding hydrogens is 176 g/mol. The second kappa shape index (κ2) is 5.40. The van der Waals surface area contributed by atoms with Crippen LogP contribution in [0.4, 0.5) is 0 Å². The van der Waals surface area contributed by atoms with Crippen molar-refractivity contribution >= 4 is 5.91 Å². The normalized spacial score (nSPS) is 9.86. The Labute approximate surface area is 84.3 Å². The molecule has 3 heteroatoms. The largest absolute Gasteiger partial charge is 0.352 e. The van der Waals surface area contributed by atoms with Crippen molar-refractivity contribution in [2.24, 2.45) is 5.73 Å². The van der Waals surface area contributed by atoms with Gasteiger partial charge >= 0.3 is 0 Å². The Morgan fingerprint density at radius 1 is 1.36 bits per heavy atom. The van der Waals surface area contributed by atoms with Gasteiger partial charge in [0.25, 0.3) is 5.91 Å². The number of nitrogens with two attached hydrogens (primary N) is 1. The van der Waals surface area contributed by atoms with E-state index in [1.807, 2.05) is 19.1 Å². The Hall–Kier alpha value is -1.35. The average Bonchev–Trinajstić information content (AvgIpc) is 2.26. The summed E-state index contributed by atoms with van der Waals surface area (Å²) in [4.78, 5) is 11.5. The number of benzene rings is 1. The number of rotatable bonds is 4. The van der Waals surface area contributed by atoms with E-state index in [-0.39, 0.29) is 5.91 Å². The molecule has 0 bridgehead atoms. The molecule has 0 unspecified atom stereocenters. The van der Waals surface area contributed by atoms with Crippen molar-refractivity contribution in [1.29, 1.82) is 0 Å². The van der Waals surface area contributed by atoms with Crippen LogP contribution in [0.15, 0.2) is 24.3 Å². The summed E-state index contributed by atoms with van der Waals surface area (Å²) < 4.78 is 0. The summed E-state index contributed by atoms with van der Waals surface area (Å²) in [7, 11) is 0. The molecule has 0 aliphatic heterocycles. The lowest BCUT2D eigenvalue weighted by atomic mass is 10.1. The van der Waals surface area contributed by atoms with Crippen LogP contribution < -0.4 is 11.1 Å². The predicted octanol–water partition coefficient (Wildman–Crippen LogP) is 1.29. The molecule has 1 aromatic rings. The molecule has 0 aliphatic rings. The number of nitrogens with one attached hydrogen (secondary N) is 1. The van der Waals surface area contributed by atoms with Crippen LogP contribution in [0.2, 0.25) is 0 Å². The SMILES string of the molecule is CCCNC(=O)c1ccc(CN)cc1. The van der Waals surface area contributed by atoms with Crippen molar-refractivity contribution in [3.63, 3.8) is 0 Å². The van der Waals surface area contributed by atoms with Crippen LogP contribution in [0, 0.1) is 0 Å². The molecule has 1 amide bonds. The molecule has 3 nitrogen and oxygen atoms in total. The Bertz CT molecular complexity index is 293. The number of hydrogen-bond acceptors (Lipinski definition) is 2. The van der Waals surface area contributed by atoms with E-state index in [0.717, 1.165) is 18.5 Å². The first-order valence-corrected chi connectivity index (χ1v) is 4.85. The highest BCUT2D eigenvalue weighted by Crippen LogP contribution is 2.03. The third-order valence-electron chi connectivity index (χ3n) is 1.99. The van der Waals surface area contributed by atoms with E-state index in [4.69, 9.17) is 5.73 Å². The summed E-state index contributed by atoms with van der Waals surface area (Å²) in [5.41, 5.74) is 7.18. The quantitative estimate of drug-likeness (QED) is 0.755. The Balaban J connectivity index is 2.62. The first-order valence-electron chi connectivity index (χ1n) is 4.85. The second-order valence-electron chi connectivity index (χ2n) is 3.16. The maximum absolute atomic E-state index is 11.5. The molecule has 0 heterocycles. The third-order valence-corrected chi connectivity index (χ3v) is 1.99. The minimum Gasteiger partial charge on any atom is -0.352 e. The average molecular weight is 192 g/mol. The Morgan fingerprint density at radius 2 is 2.00 bits per heavy atom. The maximum atomic E-state index is 11.5. The van der Waals surface area contributed by atoms with Crippen molar-refractivity contribution in [3.8, 4) is 0 Å². The lowest BCUT2D eigenvalue weighted by Gasteiger charge is -2.03. The number of carbonyl (C=O) groups excluding carboxylic acids is 1. The van der Waals surface area contributed by atoms with Gasteiger partial charge in [-0.05, 0) is 24.1 Å². The molecular formula is C11H16N2O. The number of carbonyl (C=O) groups is 1. The lowest BCUT2D eigenvalue weighted by Crippen LogP contribution is -2.23. The van der Waals surface area contributed by atoms with E-state index in [1.165, 1.54) is 0 Å². The molecule has 76 valence electrons. The highest BCUT2D eigenvalue weighted by atomic mass is 16.1. The second-order valence-corrected chi connectivity index (χ2v) is 3.16. The highest BCUT2D eigenvalue weighted by Gasteiger charge is 2.02. The zero-order valence-electron chi connectivity index (χ0n) is 8.42. The lowest BCUT2D eigenvalue weighted by molar-refractivity contribution is 0.0953. The molecule has 3 N–H and O–H groups in total. The van der Waals surface area contributed by atoms with E-state index in [0.29, 0.717) is 12.1 Å². The van der Waals surface area contributed by atoms with Crippen molar-refractivity contribution in [3.05, 3.63) is 35.4 Å². The molecule has 0 saturated carbocycles. The van der Waals surface area contributed by atoms with E-state index in [2.05, 4.69) is 5.32 Å². The van der Waals surface area contributed by atoms with Crippen molar-refractivity contribution in [1.82, 2.24) is 5.32 Å². The van der Waals surface area contributed by atoms with Gasteiger partial charge in [0.15, 0.2) is 0 Å². The molecule has 1 rings (SSSR count). The van der Waals surface area contributed by atoms with Crippen molar-refractivity contribution in [2.45, 2.75) is 19.9 Å². The van der Waals surface area contributed by atoms with Gasteiger partial charge < -0.3 is 11.1 Å². The monoisotopic (exact) mass is 192 g/mol. The first-order chi connectivity index (χ1) is 6.77. The zero-order chi connectivity index (χ0) is 10.4. The smallest absolute Gasteiger partial charge is 0.251 e. The van der Waals surface area contributed by atoms with Crippen molar-refractivity contribution < 1.29 is 4.79 Å². The van der Waals surface area contributed by atoms with Crippen LogP contribution in [-0.4, -0.2) is 12.5 Å². The fraction of sp³-hybridized carbons (Fsp3) is 0.364. The van der Waals surface area contributed by atoms with E-state index in [1.54, 1.807) is 12.1 Å². The molecule has 0 aromatic heterocycles. The highest BCUT2D eigenvalue weighted by molar-refractivity contribution is 5.94. The maximum Gasteiger partial charge on any atom is 0.251 e. The molecule has 0 radical (unpaired) electrons. The standard InChI is InChI=1S/C11H16N2O/c1-2-7-13-11(14)10-5-3-9(8-12)4-6-10/h3-6H,2,7-8,12H2,1H3,(H,13,14). The summed E-state index contributed by atoms with van der Waals surface area (Å²) in [6.45, 7) is 3.26. The molecule has 0 fully saturated rings. The van der Waals surface area contributed by atoms with Gasteiger partial charge in [0, 0.05) is 18.7 Å². The van der Waals surface area contributed by atoms with Crippen LogP contribution in [0.3, 0.4) is 0 Å². The summed E-state index contributed by atoms with van der Waals surface area (Å²) in [6.07, 6.45) is 0.951. The predicted molar refractivity (Wildman–Crippen MR) is 57.0 cm³/mol. The van der Waals surface area contributed by atoms with Gasteiger partial charge in [0.1, 0.15) is 0 Å². The van der Waals surface area contributed by atoms with Gasteiger partial charge in [-0.3, -0.25) is 4.79 Å². The van der Waals surface area contributed by atoms with Crippen LogP contribution >= 0.6 is 0 Å². The minimum absolute atomic E-state index is 0.0181. The molecule has 0 saturated heterocycles. The van der Waals surface area contributed by atoms with Crippen LogP contribution in [0.25, 0.3) is 0 Å². The topological polar surface area (TPSA) is 55.1 Å². The summed E-state index contributed by atoms with van der Waals surface area (Å²) in [6, 6.07) is 7.35. The van der Waals surface area contributed by atoms with Crippen LogP contribution in [-0.2, 0) is 6.54 Å². The summed E-state index contributed by atoms with van der Waals surface area (Å²) in [5, 5.41) is 2.82. The first kappa shape index (κ1) is 10.7. The fourth-order valence-corrected chi connectivity index (χ4v) is 1.13. The Kier molecular flexibility index (Phi) is 4.13. The van der Waals surface area contributed by atoms with Gasteiger partial charge in [-0.25, -0.2) is 0 Å². The van der Waals surface area contributed by atoms with E-state index < -0.39 is 0 Å². The van der Waals surface area contributed by atoms with Crippen molar-refractivity contribution in [2.75, 3.05) is 6.54 Å². The molecule has 1 aromatic carbocycles. The fourth-order valence-electron chi connectivity index (χ4n) is 1.13. The van der Waals surface area contributed by atoms with Gasteiger partial charge in [-0.1, -0.05) is 19.1 Å². The molecule has 0 atom stereocenters.